The average Bonchev–Trinajstić information content (AvgIpc) is 2.47. The first-order chi connectivity index (χ1) is 10.1. The van der Waals surface area contributed by atoms with Crippen LogP contribution in [0, 0.1) is 0 Å². The van der Waals surface area contributed by atoms with E-state index in [2.05, 4.69) is 20.6 Å². The van der Waals surface area contributed by atoms with Crippen molar-refractivity contribution in [3.05, 3.63) is 42.5 Å². The number of nitrogens with one attached hydrogen (secondary N) is 2. The molecular weight excluding hydrogens is 276 g/mol. The minimum absolute atomic E-state index is 0.0461. The molecule has 8 nitrogen and oxygen atoms in total. The van der Waals surface area contributed by atoms with Crippen LogP contribution in [0.15, 0.2) is 36.9 Å². The highest BCUT2D eigenvalue weighted by atomic mass is 16.5. The number of amides is 2. The highest BCUT2D eigenvalue weighted by Crippen LogP contribution is 2.22. The molecule has 0 unspecified atom stereocenters. The Hall–Kier alpha value is -3.16. The largest absolute Gasteiger partial charge is 0.497 e. The molecule has 0 atom stereocenters. The maximum absolute atomic E-state index is 11.8. The number of anilines is 2. The summed E-state index contributed by atoms with van der Waals surface area (Å²) in [7, 11) is 1.45. The molecule has 1 aromatic heterocycles. The van der Waals surface area contributed by atoms with Gasteiger partial charge in [0.25, 0.3) is 0 Å². The molecule has 1 heterocycles. The van der Waals surface area contributed by atoms with Crippen molar-refractivity contribution in [1.29, 1.82) is 0 Å². The summed E-state index contributed by atoms with van der Waals surface area (Å²) in [6.45, 7) is 0. The van der Waals surface area contributed by atoms with Gasteiger partial charge in [0.05, 0.1) is 36.4 Å². The fourth-order valence-corrected chi connectivity index (χ4v) is 1.59. The second-order valence-corrected chi connectivity index (χ2v) is 3.92. The van der Waals surface area contributed by atoms with Crippen LogP contribution in [0.2, 0.25) is 0 Å². The van der Waals surface area contributed by atoms with Gasteiger partial charge in [0, 0.05) is 6.07 Å². The van der Waals surface area contributed by atoms with Crippen molar-refractivity contribution in [2.45, 2.75) is 0 Å². The van der Waals surface area contributed by atoms with Gasteiger partial charge < -0.3 is 20.5 Å². The smallest absolute Gasteiger partial charge is 0.337 e. The number of rotatable bonds is 4. The predicted molar refractivity (Wildman–Crippen MR) is 74.6 cm³/mol. The summed E-state index contributed by atoms with van der Waals surface area (Å²) in [5.74, 6) is -0.727. The van der Waals surface area contributed by atoms with Gasteiger partial charge in [-0.25, -0.2) is 19.6 Å². The molecule has 0 saturated heterocycles. The minimum atomic E-state index is -1.16. The van der Waals surface area contributed by atoms with E-state index >= 15 is 0 Å². The van der Waals surface area contributed by atoms with Gasteiger partial charge >= 0.3 is 12.0 Å². The van der Waals surface area contributed by atoms with Crippen LogP contribution in [0.3, 0.4) is 0 Å². The Morgan fingerprint density at radius 3 is 2.52 bits per heavy atom. The van der Waals surface area contributed by atoms with Crippen molar-refractivity contribution in [3.8, 4) is 5.75 Å². The number of nitrogens with zero attached hydrogens (tertiary/aromatic N) is 2. The van der Waals surface area contributed by atoms with Crippen LogP contribution in [0.4, 0.5) is 16.2 Å². The first kappa shape index (κ1) is 14.3. The Balaban J connectivity index is 2.17. The zero-order valence-electron chi connectivity index (χ0n) is 11.0. The monoisotopic (exact) mass is 288 g/mol. The fraction of sp³-hybridized carbons (Fsp3) is 0.0769. The predicted octanol–water partition coefficient (Wildman–Crippen LogP) is 1.83. The molecule has 0 aliphatic heterocycles. The molecule has 0 saturated carbocycles. The van der Waals surface area contributed by atoms with Crippen molar-refractivity contribution < 1.29 is 19.4 Å². The van der Waals surface area contributed by atoms with Crippen molar-refractivity contribution >= 4 is 23.4 Å². The lowest BCUT2D eigenvalue weighted by atomic mass is 10.1. The van der Waals surface area contributed by atoms with Crippen LogP contribution in [0.5, 0.6) is 5.75 Å². The van der Waals surface area contributed by atoms with Gasteiger partial charge in [-0.2, -0.15) is 0 Å². The summed E-state index contributed by atoms with van der Waals surface area (Å²) in [5.41, 5.74) is 0.459. The Bertz CT molecular complexity index is 660. The molecule has 0 fully saturated rings. The quantitative estimate of drug-likeness (QED) is 0.791. The van der Waals surface area contributed by atoms with Gasteiger partial charge in [-0.3, -0.25) is 0 Å². The number of carbonyl (C=O) groups is 2. The number of methoxy groups -OCH3 is 1. The standard InChI is InChI=1S/C13H12N4O4/c1-21-9-2-3-10(12(18)19)11(4-9)17-13(20)16-8-5-14-7-15-6-8/h2-7H,1H3,(H,18,19)(H2,16,17,20). The second kappa shape index (κ2) is 6.33. The lowest BCUT2D eigenvalue weighted by molar-refractivity contribution is 0.0698. The molecule has 0 aliphatic carbocycles. The highest BCUT2D eigenvalue weighted by molar-refractivity contribution is 6.04. The molecule has 1 aromatic carbocycles. The maximum atomic E-state index is 11.8. The number of ether oxygens (including phenoxy) is 1. The molecule has 8 heteroatoms. The Morgan fingerprint density at radius 2 is 1.90 bits per heavy atom. The summed E-state index contributed by atoms with van der Waals surface area (Å²) in [4.78, 5) is 30.5. The lowest BCUT2D eigenvalue weighted by Crippen LogP contribution is -2.21. The third-order valence-corrected chi connectivity index (χ3v) is 2.52. The van der Waals surface area contributed by atoms with Crippen molar-refractivity contribution in [2.75, 3.05) is 17.7 Å². The zero-order chi connectivity index (χ0) is 15.2. The van der Waals surface area contributed by atoms with E-state index < -0.39 is 12.0 Å². The van der Waals surface area contributed by atoms with Crippen LogP contribution >= 0.6 is 0 Å². The second-order valence-electron chi connectivity index (χ2n) is 3.92. The van der Waals surface area contributed by atoms with E-state index in [4.69, 9.17) is 9.84 Å². The van der Waals surface area contributed by atoms with Crippen molar-refractivity contribution in [1.82, 2.24) is 9.97 Å². The molecule has 3 N–H and O–H groups in total. The van der Waals surface area contributed by atoms with Crippen LogP contribution < -0.4 is 15.4 Å². The van der Waals surface area contributed by atoms with Crippen LogP contribution in [0.25, 0.3) is 0 Å². The van der Waals surface area contributed by atoms with Gasteiger partial charge in [0.1, 0.15) is 12.1 Å². The molecular formula is C13H12N4O4. The Kier molecular flexibility index (Phi) is 4.30. The molecule has 21 heavy (non-hydrogen) atoms. The van der Waals surface area contributed by atoms with E-state index in [1.165, 1.54) is 44.0 Å². The molecule has 0 spiro atoms. The molecule has 0 radical (unpaired) electrons. The molecule has 2 amide bonds. The summed E-state index contributed by atoms with van der Waals surface area (Å²) in [5, 5.41) is 14.0. The SMILES string of the molecule is COc1ccc(C(=O)O)c(NC(=O)Nc2cncnc2)c1. The van der Waals surface area contributed by atoms with Gasteiger partial charge in [-0.15, -0.1) is 0 Å². The van der Waals surface area contributed by atoms with Gasteiger partial charge in [-0.05, 0) is 12.1 Å². The molecule has 0 bridgehead atoms. The van der Waals surface area contributed by atoms with Crippen LogP contribution in [0.1, 0.15) is 10.4 Å². The summed E-state index contributed by atoms with van der Waals surface area (Å²) >= 11 is 0. The normalized spacial score (nSPS) is 9.76. The number of aromatic carboxylic acids is 1. The van der Waals surface area contributed by atoms with E-state index in [9.17, 15) is 9.59 Å². The van der Waals surface area contributed by atoms with Gasteiger partial charge in [-0.1, -0.05) is 0 Å². The van der Waals surface area contributed by atoms with Crippen LogP contribution in [-0.2, 0) is 0 Å². The summed E-state index contributed by atoms with van der Waals surface area (Å²) in [6, 6.07) is 3.66. The van der Waals surface area contributed by atoms with E-state index in [1.54, 1.807) is 0 Å². The minimum Gasteiger partial charge on any atom is -0.497 e. The number of hydrogen-bond acceptors (Lipinski definition) is 5. The lowest BCUT2D eigenvalue weighted by Gasteiger charge is -2.11. The van der Waals surface area contributed by atoms with Gasteiger partial charge in [0.2, 0.25) is 0 Å². The summed E-state index contributed by atoms with van der Waals surface area (Å²) in [6.07, 6.45) is 4.15. The topological polar surface area (TPSA) is 113 Å². The van der Waals surface area contributed by atoms with Gasteiger partial charge in [0.15, 0.2) is 0 Å². The highest BCUT2D eigenvalue weighted by Gasteiger charge is 2.13. The third-order valence-electron chi connectivity index (χ3n) is 2.52. The number of hydrogen-bond donors (Lipinski definition) is 3. The summed E-state index contributed by atoms with van der Waals surface area (Å²) < 4.78 is 5.00. The van der Waals surface area contributed by atoms with E-state index in [1.807, 2.05) is 0 Å². The number of urea groups is 1. The average molecular weight is 288 g/mol. The zero-order valence-corrected chi connectivity index (χ0v) is 11.0. The van der Waals surface area contributed by atoms with E-state index in [0.717, 1.165) is 0 Å². The number of benzene rings is 1. The van der Waals surface area contributed by atoms with Crippen molar-refractivity contribution in [2.24, 2.45) is 0 Å². The first-order valence-electron chi connectivity index (χ1n) is 5.84. The fourth-order valence-electron chi connectivity index (χ4n) is 1.59. The van der Waals surface area contributed by atoms with Crippen LogP contribution in [-0.4, -0.2) is 34.2 Å². The number of carboxylic acids is 1. The Labute approximate surface area is 119 Å². The number of carboxylic acid groups (broad SMARTS) is 1. The maximum Gasteiger partial charge on any atom is 0.337 e. The number of aromatic nitrogens is 2. The molecule has 108 valence electrons. The molecule has 2 aromatic rings. The molecule has 2 rings (SSSR count). The Morgan fingerprint density at radius 1 is 1.19 bits per heavy atom. The van der Waals surface area contributed by atoms with Crippen molar-refractivity contribution in [3.63, 3.8) is 0 Å². The third kappa shape index (κ3) is 3.66. The first-order valence-corrected chi connectivity index (χ1v) is 5.84. The number of carbonyl (C=O) groups excluding carboxylic acids is 1. The van der Waals surface area contributed by atoms with E-state index in [-0.39, 0.29) is 11.3 Å². The molecule has 0 aliphatic rings. The van der Waals surface area contributed by atoms with E-state index in [0.29, 0.717) is 11.4 Å².